The van der Waals surface area contributed by atoms with Gasteiger partial charge in [-0.05, 0) is 47.2 Å². The van der Waals surface area contributed by atoms with E-state index in [1.54, 1.807) is 6.08 Å². The standard InChI is InChI=1S/C23H21N3O3/c27-22(24-21-14-20(25-26-21)18-9-10-18)13-16-4-7-17(8-5-16)19-3-1-2-15(12-19)6-11-23(28)29/h1-8,11-12,14,18H,9-10,13H2,(H,28,29)(H2,24,25,26,27)/b11-6+. The number of aliphatic carboxylic acids is 1. The number of nitrogens with one attached hydrogen (secondary N) is 2. The second-order valence-corrected chi connectivity index (χ2v) is 7.20. The van der Waals surface area contributed by atoms with Crippen LogP contribution >= 0.6 is 0 Å². The molecule has 6 heteroatoms. The molecule has 3 N–H and O–H groups in total. The summed E-state index contributed by atoms with van der Waals surface area (Å²) in [6.07, 6.45) is 5.32. The molecule has 0 saturated heterocycles. The molecule has 0 aliphatic heterocycles. The number of carbonyl (C=O) groups excluding carboxylic acids is 1. The maximum absolute atomic E-state index is 12.3. The maximum atomic E-state index is 12.3. The van der Waals surface area contributed by atoms with Crippen LogP contribution in [0.3, 0.4) is 0 Å². The lowest BCUT2D eigenvalue weighted by Crippen LogP contribution is -2.14. The molecule has 0 bridgehead atoms. The van der Waals surface area contributed by atoms with Crippen molar-refractivity contribution in [3.05, 3.63) is 77.5 Å². The predicted octanol–water partition coefficient (Wildman–Crippen LogP) is 4.23. The van der Waals surface area contributed by atoms with Crippen molar-refractivity contribution >= 4 is 23.8 Å². The third-order valence-corrected chi connectivity index (χ3v) is 4.84. The molecule has 29 heavy (non-hydrogen) atoms. The molecule has 1 heterocycles. The number of carboxylic acids is 1. The van der Waals surface area contributed by atoms with Crippen molar-refractivity contribution in [2.45, 2.75) is 25.2 Å². The summed E-state index contributed by atoms with van der Waals surface area (Å²) in [5.41, 5.74) is 4.80. The first-order chi connectivity index (χ1) is 14.1. The molecule has 0 spiro atoms. The molecule has 0 unspecified atom stereocenters. The highest BCUT2D eigenvalue weighted by Crippen LogP contribution is 2.39. The van der Waals surface area contributed by atoms with Gasteiger partial charge in [0.05, 0.1) is 6.42 Å². The zero-order chi connectivity index (χ0) is 20.2. The van der Waals surface area contributed by atoms with Crippen molar-refractivity contribution in [1.29, 1.82) is 0 Å². The van der Waals surface area contributed by atoms with E-state index in [9.17, 15) is 9.59 Å². The Kier molecular flexibility index (Phi) is 5.24. The average molecular weight is 387 g/mol. The smallest absolute Gasteiger partial charge is 0.328 e. The van der Waals surface area contributed by atoms with Crippen molar-refractivity contribution < 1.29 is 14.7 Å². The number of H-pyrrole nitrogens is 1. The fraction of sp³-hybridized carbons (Fsp3) is 0.174. The van der Waals surface area contributed by atoms with Gasteiger partial charge in [0.15, 0.2) is 5.82 Å². The van der Waals surface area contributed by atoms with Gasteiger partial charge in [-0.3, -0.25) is 9.89 Å². The summed E-state index contributed by atoms with van der Waals surface area (Å²) in [7, 11) is 0. The summed E-state index contributed by atoms with van der Waals surface area (Å²) < 4.78 is 0. The third-order valence-electron chi connectivity index (χ3n) is 4.84. The molecule has 0 radical (unpaired) electrons. The second kappa shape index (κ2) is 8.14. The van der Waals surface area contributed by atoms with Crippen LogP contribution in [0.4, 0.5) is 5.82 Å². The molecule has 1 fully saturated rings. The van der Waals surface area contributed by atoms with Crippen LogP contribution in [0.5, 0.6) is 0 Å². The van der Waals surface area contributed by atoms with Crippen LogP contribution in [0.2, 0.25) is 0 Å². The van der Waals surface area contributed by atoms with Crippen LogP contribution in [0.1, 0.15) is 35.6 Å². The lowest BCUT2D eigenvalue weighted by atomic mass is 10.0. The zero-order valence-corrected chi connectivity index (χ0v) is 15.8. The van der Waals surface area contributed by atoms with Crippen molar-refractivity contribution in [2.24, 2.45) is 0 Å². The van der Waals surface area contributed by atoms with Gasteiger partial charge in [0.1, 0.15) is 0 Å². The number of anilines is 1. The van der Waals surface area contributed by atoms with E-state index in [4.69, 9.17) is 5.11 Å². The number of hydrogen-bond donors (Lipinski definition) is 3. The fourth-order valence-corrected chi connectivity index (χ4v) is 3.18. The SMILES string of the molecule is O=C(O)/C=C/c1cccc(-c2ccc(CC(=O)Nc3cc(C4CC4)[nH]n3)cc2)c1. The van der Waals surface area contributed by atoms with Gasteiger partial charge in [-0.2, -0.15) is 5.10 Å². The largest absolute Gasteiger partial charge is 0.478 e. The van der Waals surface area contributed by atoms with E-state index >= 15 is 0 Å². The first-order valence-electron chi connectivity index (χ1n) is 9.52. The van der Waals surface area contributed by atoms with Gasteiger partial charge in [-0.25, -0.2) is 4.79 Å². The molecule has 1 aromatic heterocycles. The highest BCUT2D eigenvalue weighted by molar-refractivity contribution is 5.91. The van der Waals surface area contributed by atoms with E-state index in [0.29, 0.717) is 11.7 Å². The van der Waals surface area contributed by atoms with Gasteiger partial charge >= 0.3 is 5.97 Å². The van der Waals surface area contributed by atoms with Gasteiger partial charge < -0.3 is 10.4 Å². The number of aromatic nitrogens is 2. The molecule has 0 atom stereocenters. The minimum atomic E-state index is -0.975. The van der Waals surface area contributed by atoms with Crippen LogP contribution in [0.25, 0.3) is 17.2 Å². The van der Waals surface area contributed by atoms with E-state index < -0.39 is 5.97 Å². The van der Waals surface area contributed by atoms with Crippen LogP contribution in [0.15, 0.2) is 60.7 Å². The molecule has 1 aliphatic carbocycles. The molecule has 1 amide bonds. The van der Waals surface area contributed by atoms with Crippen molar-refractivity contribution in [3.63, 3.8) is 0 Å². The zero-order valence-electron chi connectivity index (χ0n) is 15.8. The number of hydrogen-bond acceptors (Lipinski definition) is 3. The number of carboxylic acid groups (broad SMARTS) is 1. The monoisotopic (exact) mass is 387 g/mol. The minimum absolute atomic E-state index is 0.104. The molecular formula is C23H21N3O3. The quantitative estimate of drug-likeness (QED) is 0.529. The number of carbonyl (C=O) groups is 2. The van der Waals surface area contributed by atoms with Gasteiger partial charge in [0, 0.05) is 23.8 Å². The number of benzene rings is 2. The van der Waals surface area contributed by atoms with Crippen molar-refractivity contribution in [2.75, 3.05) is 5.32 Å². The van der Waals surface area contributed by atoms with E-state index in [1.807, 2.05) is 54.6 Å². The molecular weight excluding hydrogens is 366 g/mol. The van der Waals surface area contributed by atoms with E-state index in [-0.39, 0.29) is 12.3 Å². The normalized spacial score (nSPS) is 13.5. The highest BCUT2D eigenvalue weighted by Gasteiger charge is 2.25. The summed E-state index contributed by atoms with van der Waals surface area (Å²) in [6.45, 7) is 0. The molecule has 6 nitrogen and oxygen atoms in total. The highest BCUT2D eigenvalue weighted by atomic mass is 16.4. The lowest BCUT2D eigenvalue weighted by molar-refractivity contribution is -0.131. The Morgan fingerprint density at radius 2 is 1.90 bits per heavy atom. The van der Waals surface area contributed by atoms with Crippen LogP contribution in [-0.2, 0) is 16.0 Å². The molecule has 3 aromatic rings. The Balaban J connectivity index is 1.39. The second-order valence-electron chi connectivity index (χ2n) is 7.20. The Labute approximate surface area is 168 Å². The molecule has 2 aromatic carbocycles. The predicted molar refractivity (Wildman–Crippen MR) is 111 cm³/mol. The van der Waals surface area contributed by atoms with Crippen LogP contribution in [0, 0.1) is 0 Å². The van der Waals surface area contributed by atoms with Crippen LogP contribution in [-0.4, -0.2) is 27.2 Å². The number of aromatic amines is 1. The fourth-order valence-electron chi connectivity index (χ4n) is 3.18. The van der Waals surface area contributed by atoms with Crippen molar-refractivity contribution in [3.8, 4) is 11.1 Å². The minimum Gasteiger partial charge on any atom is -0.478 e. The number of nitrogens with zero attached hydrogens (tertiary/aromatic N) is 1. The van der Waals surface area contributed by atoms with Gasteiger partial charge in [0.2, 0.25) is 5.91 Å². The van der Waals surface area contributed by atoms with Crippen LogP contribution < -0.4 is 5.32 Å². The average Bonchev–Trinajstić information content (AvgIpc) is 3.46. The molecule has 146 valence electrons. The Bertz CT molecular complexity index is 1060. The molecule has 4 rings (SSSR count). The Morgan fingerprint density at radius 1 is 1.10 bits per heavy atom. The van der Waals surface area contributed by atoms with E-state index in [2.05, 4.69) is 15.5 Å². The maximum Gasteiger partial charge on any atom is 0.328 e. The third kappa shape index (κ3) is 4.99. The summed E-state index contributed by atoms with van der Waals surface area (Å²) in [6, 6.07) is 17.3. The van der Waals surface area contributed by atoms with Gasteiger partial charge in [-0.15, -0.1) is 0 Å². The van der Waals surface area contributed by atoms with Gasteiger partial charge in [0.25, 0.3) is 0 Å². The molecule has 1 saturated carbocycles. The Morgan fingerprint density at radius 3 is 2.62 bits per heavy atom. The van der Waals surface area contributed by atoms with Gasteiger partial charge in [-0.1, -0.05) is 42.5 Å². The lowest BCUT2D eigenvalue weighted by Gasteiger charge is -2.06. The Hall–Kier alpha value is -3.67. The molecule has 1 aliphatic rings. The summed E-state index contributed by atoms with van der Waals surface area (Å²) >= 11 is 0. The summed E-state index contributed by atoms with van der Waals surface area (Å²) in [5.74, 6) is 0.0580. The van der Waals surface area contributed by atoms with E-state index in [0.717, 1.165) is 34.0 Å². The van der Waals surface area contributed by atoms with E-state index in [1.165, 1.54) is 12.8 Å². The number of rotatable bonds is 7. The first kappa shape index (κ1) is 18.7. The topological polar surface area (TPSA) is 95.1 Å². The van der Waals surface area contributed by atoms with Crippen molar-refractivity contribution in [1.82, 2.24) is 10.2 Å². The summed E-state index contributed by atoms with van der Waals surface area (Å²) in [4.78, 5) is 23.0. The number of amides is 1. The first-order valence-corrected chi connectivity index (χ1v) is 9.52. The summed E-state index contributed by atoms with van der Waals surface area (Å²) in [5, 5.41) is 18.7.